The fourth-order valence-electron chi connectivity index (χ4n) is 2.73. The molecule has 1 aliphatic heterocycles. The first-order valence-electron chi connectivity index (χ1n) is 6.97. The topological polar surface area (TPSA) is 63.4 Å². The highest BCUT2D eigenvalue weighted by Gasteiger charge is 2.29. The molecule has 1 heterocycles. The standard InChI is InChI=1S/C14H26N2O2/c1-10(2)7-12(8-13(15)17)14(18)16-6-4-5-11(3)9-16/h10-12H,4-9H2,1-3H3,(H2,15,17). The van der Waals surface area contributed by atoms with Crippen LogP contribution < -0.4 is 5.73 Å². The molecule has 0 bridgehead atoms. The highest BCUT2D eigenvalue weighted by molar-refractivity contribution is 5.85. The molecule has 0 aromatic heterocycles. The molecule has 0 aromatic rings. The van der Waals surface area contributed by atoms with Crippen LogP contribution in [0, 0.1) is 17.8 Å². The van der Waals surface area contributed by atoms with Crippen molar-refractivity contribution in [3.8, 4) is 0 Å². The van der Waals surface area contributed by atoms with E-state index in [4.69, 9.17) is 5.73 Å². The van der Waals surface area contributed by atoms with E-state index in [1.807, 2.05) is 4.90 Å². The number of nitrogens with two attached hydrogens (primary N) is 1. The summed E-state index contributed by atoms with van der Waals surface area (Å²) < 4.78 is 0. The number of hydrogen-bond acceptors (Lipinski definition) is 2. The minimum Gasteiger partial charge on any atom is -0.370 e. The van der Waals surface area contributed by atoms with Gasteiger partial charge in [-0.2, -0.15) is 0 Å². The molecule has 2 atom stereocenters. The third kappa shape index (κ3) is 4.67. The molecule has 0 radical (unpaired) electrons. The zero-order valence-corrected chi connectivity index (χ0v) is 11.8. The second kappa shape index (κ2) is 6.76. The Balaban J connectivity index is 2.64. The van der Waals surface area contributed by atoms with Gasteiger partial charge in [-0.25, -0.2) is 0 Å². The average Bonchev–Trinajstić information content (AvgIpc) is 2.26. The van der Waals surface area contributed by atoms with Gasteiger partial charge >= 0.3 is 0 Å². The van der Waals surface area contributed by atoms with Crippen LogP contribution in [0.5, 0.6) is 0 Å². The van der Waals surface area contributed by atoms with Crippen molar-refractivity contribution in [3.05, 3.63) is 0 Å². The van der Waals surface area contributed by atoms with E-state index in [1.54, 1.807) is 0 Å². The largest absolute Gasteiger partial charge is 0.370 e. The molecule has 104 valence electrons. The molecule has 0 saturated carbocycles. The molecule has 2 unspecified atom stereocenters. The molecule has 4 nitrogen and oxygen atoms in total. The average molecular weight is 254 g/mol. The Kier molecular flexibility index (Phi) is 5.63. The van der Waals surface area contributed by atoms with Gasteiger partial charge in [0.15, 0.2) is 0 Å². The third-order valence-corrected chi connectivity index (χ3v) is 3.52. The molecule has 0 aromatic carbocycles. The maximum atomic E-state index is 12.4. The minimum atomic E-state index is -0.376. The zero-order chi connectivity index (χ0) is 13.7. The van der Waals surface area contributed by atoms with Crippen LogP contribution in [0.2, 0.25) is 0 Å². The molecular formula is C14H26N2O2. The van der Waals surface area contributed by atoms with Crippen molar-refractivity contribution in [1.82, 2.24) is 4.90 Å². The molecule has 0 aliphatic carbocycles. The lowest BCUT2D eigenvalue weighted by Gasteiger charge is -2.33. The highest BCUT2D eigenvalue weighted by Crippen LogP contribution is 2.22. The Morgan fingerprint density at radius 1 is 1.39 bits per heavy atom. The number of hydrogen-bond donors (Lipinski definition) is 1. The van der Waals surface area contributed by atoms with Crippen molar-refractivity contribution >= 4 is 11.8 Å². The van der Waals surface area contributed by atoms with Crippen LogP contribution in [-0.2, 0) is 9.59 Å². The minimum absolute atomic E-state index is 0.119. The van der Waals surface area contributed by atoms with E-state index in [0.717, 1.165) is 25.9 Å². The molecule has 0 spiro atoms. The van der Waals surface area contributed by atoms with Gasteiger partial charge in [-0.05, 0) is 31.1 Å². The van der Waals surface area contributed by atoms with Gasteiger partial charge in [-0.1, -0.05) is 20.8 Å². The van der Waals surface area contributed by atoms with E-state index in [-0.39, 0.29) is 24.2 Å². The number of rotatable bonds is 5. The highest BCUT2D eigenvalue weighted by atomic mass is 16.2. The van der Waals surface area contributed by atoms with E-state index < -0.39 is 0 Å². The van der Waals surface area contributed by atoms with Gasteiger partial charge in [-0.15, -0.1) is 0 Å². The zero-order valence-electron chi connectivity index (χ0n) is 11.8. The fourth-order valence-corrected chi connectivity index (χ4v) is 2.73. The number of amides is 2. The lowest BCUT2D eigenvalue weighted by molar-refractivity contribution is -0.140. The Labute approximate surface area is 110 Å². The molecule has 1 aliphatic rings. The maximum absolute atomic E-state index is 12.4. The smallest absolute Gasteiger partial charge is 0.226 e. The Bertz CT molecular complexity index is 302. The Morgan fingerprint density at radius 3 is 2.56 bits per heavy atom. The van der Waals surface area contributed by atoms with Crippen molar-refractivity contribution in [2.75, 3.05) is 13.1 Å². The number of carbonyl (C=O) groups is 2. The van der Waals surface area contributed by atoms with Crippen molar-refractivity contribution < 1.29 is 9.59 Å². The number of piperidine rings is 1. The molecular weight excluding hydrogens is 228 g/mol. The normalized spacial score (nSPS) is 22.0. The van der Waals surface area contributed by atoms with Crippen LogP contribution in [0.1, 0.15) is 46.5 Å². The van der Waals surface area contributed by atoms with Crippen molar-refractivity contribution in [2.45, 2.75) is 46.5 Å². The first-order valence-corrected chi connectivity index (χ1v) is 6.97. The van der Waals surface area contributed by atoms with Crippen LogP contribution >= 0.6 is 0 Å². The molecule has 2 amide bonds. The summed E-state index contributed by atoms with van der Waals surface area (Å²) in [6, 6.07) is 0. The summed E-state index contributed by atoms with van der Waals surface area (Å²) in [5.74, 6) is 0.484. The van der Waals surface area contributed by atoms with Gasteiger partial charge < -0.3 is 10.6 Å². The summed E-state index contributed by atoms with van der Waals surface area (Å²) in [5.41, 5.74) is 5.25. The third-order valence-electron chi connectivity index (χ3n) is 3.52. The molecule has 1 saturated heterocycles. The summed E-state index contributed by atoms with van der Waals surface area (Å²) in [7, 11) is 0. The number of nitrogens with zero attached hydrogens (tertiary/aromatic N) is 1. The molecule has 4 heteroatoms. The van der Waals surface area contributed by atoms with E-state index in [9.17, 15) is 9.59 Å². The molecule has 1 rings (SSSR count). The van der Waals surface area contributed by atoms with Crippen LogP contribution in [0.25, 0.3) is 0 Å². The van der Waals surface area contributed by atoms with E-state index in [2.05, 4.69) is 20.8 Å². The van der Waals surface area contributed by atoms with Gasteiger partial charge in [0.2, 0.25) is 11.8 Å². The summed E-state index contributed by atoms with van der Waals surface area (Å²) in [4.78, 5) is 25.4. The van der Waals surface area contributed by atoms with Gasteiger partial charge in [0.1, 0.15) is 0 Å². The predicted molar refractivity (Wildman–Crippen MR) is 71.7 cm³/mol. The molecule has 2 N–H and O–H groups in total. The van der Waals surface area contributed by atoms with Crippen molar-refractivity contribution in [1.29, 1.82) is 0 Å². The summed E-state index contributed by atoms with van der Waals surface area (Å²) >= 11 is 0. The maximum Gasteiger partial charge on any atom is 0.226 e. The van der Waals surface area contributed by atoms with Gasteiger partial charge in [0, 0.05) is 25.4 Å². The quantitative estimate of drug-likeness (QED) is 0.813. The molecule has 18 heavy (non-hydrogen) atoms. The van der Waals surface area contributed by atoms with Crippen LogP contribution in [0.4, 0.5) is 0 Å². The van der Waals surface area contributed by atoms with E-state index >= 15 is 0 Å². The second-order valence-corrected chi connectivity index (χ2v) is 6.03. The Morgan fingerprint density at radius 2 is 2.06 bits per heavy atom. The fraction of sp³-hybridized carbons (Fsp3) is 0.857. The van der Waals surface area contributed by atoms with Crippen LogP contribution in [0.3, 0.4) is 0 Å². The van der Waals surface area contributed by atoms with Crippen molar-refractivity contribution in [3.63, 3.8) is 0 Å². The lowest BCUT2D eigenvalue weighted by atomic mass is 9.91. The lowest BCUT2D eigenvalue weighted by Crippen LogP contribution is -2.43. The van der Waals surface area contributed by atoms with Gasteiger partial charge in [0.05, 0.1) is 0 Å². The predicted octanol–water partition coefficient (Wildman–Crippen LogP) is 1.78. The number of primary amides is 1. The number of likely N-dealkylation sites (tertiary alicyclic amines) is 1. The van der Waals surface area contributed by atoms with Crippen LogP contribution in [-0.4, -0.2) is 29.8 Å². The SMILES string of the molecule is CC(C)CC(CC(N)=O)C(=O)N1CCCC(C)C1. The van der Waals surface area contributed by atoms with E-state index in [1.165, 1.54) is 6.42 Å². The number of carbonyl (C=O) groups excluding carboxylic acids is 2. The molecule has 1 fully saturated rings. The summed E-state index contributed by atoms with van der Waals surface area (Å²) in [6.45, 7) is 7.97. The van der Waals surface area contributed by atoms with Gasteiger partial charge in [-0.3, -0.25) is 9.59 Å². The van der Waals surface area contributed by atoms with E-state index in [0.29, 0.717) is 11.8 Å². The van der Waals surface area contributed by atoms with Gasteiger partial charge in [0.25, 0.3) is 0 Å². The first kappa shape index (κ1) is 15.0. The van der Waals surface area contributed by atoms with Crippen molar-refractivity contribution in [2.24, 2.45) is 23.5 Å². The first-order chi connectivity index (χ1) is 8.40. The summed E-state index contributed by atoms with van der Waals surface area (Å²) in [5, 5.41) is 0. The summed E-state index contributed by atoms with van der Waals surface area (Å²) in [6.07, 6.45) is 3.18. The Hall–Kier alpha value is -1.06. The monoisotopic (exact) mass is 254 g/mol. The second-order valence-electron chi connectivity index (χ2n) is 6.03. The van der Waals surface area contributed by atoms with Crippen LogP contribution in [0.15, 0.2) is 0 Å².